The highest BCUT2D eigenvalue weighted by molar-refractivity contribution is 6.30. The van der Waals surface area contributed by atoms with Crippen LogP contribution < -0.4 is 10.2 Å². The molecule has 1 atom stereocenters. The number of carbonyl (C=O) groups is 1. The van der Waals surface area contributed by atoms with Gasteiger partial charge in [-0.1, -0.05) is 23.7 Å². The highest BCUT2D eigenvalue weighted by Crippen LogP contribution is 2.23. The van der Waals surface area contributed by atoms with Gasteiger partial charge in [-0.3, -0.25) is 4.79 Å². The minimum Gasteiger partial charge on any atom is -0.380 e. The largest absolute Gasteiger partial charge is 0.380 e. The Bertz CT molecular complexity index is 757. The number of methoxy groups -OCH3 is 1. The molecule has 3 rings (SSSR count). The molecule has 0 spiro atoms. The Kier molecular flexibility index (Phi) is 6.31. The first-order valence-corrected chi connectivity index (χ1v) is 9.14. The number of halogens is 1. The zero-order valence-corrected chi connectivity index (χ0v) is 15.6. The highest BCUT2D eigenvalue weighted by Gasteiger charge is 2.19. The molecular formula is C21H23ClN2O2. The number of ether oxygens (including phenoxy) is 1. The molecule has 26 heavy (non-hydrogen) atoms. The van der Waals surface area contributed by atoms with Gasteiger partial charge in [-0.15, -0.1) is 0 Å². The van der Waals surface area contributed by atoms with Crippen molar-refractivity contribution >= 4 is 35.0 Å². The number of benzene rings is 2. The molecule has 1 N–H and O–H groups in total. The average molecular weight is 371 g/mol. The van der Waals surface area contributed by atoms with Crippen molar-refractivity contribution in [3.63, 3.8) is 0 Å². The summed E-state index contributed by atoms with van der Waals surface area (Å²) in [6, 6.07) is 15.3. The predicted molar refractivity (Wildman–Crippen MR) is 108 cm³/mol. The van der Waals surface area contributed by atoms with Gasteiger partial charge in [0.2, 0.25) is 5.91 Å². The van der Waals surface area contributed by atoms with Crippen LogP contribution in [0.25, 0.3) is 6.08 Å². The van der Waals surface area contributed by atoms with Crippen molar-refractivity contribution in [2.24, 2.45) is 0 Å². The molecule has 1 heterocycles. The lowest BCUT2D eigenvalue weighted by atomic mass is 10.1. The summed E-state index contributed by atoms with van der Waals surface area (Å²) in [5.74, 6) is -0.162. The molecule has 1 unspecified atom stereocenters. The summed E-state index contributed by atoms with van der Waals surface area (Å²) in [7, 11) is 1.77. The summed E-state index contributed by atoms with van der Waals surface area (Å²) >= 11 is 5.85. The first-order chi connectivity index (χ1) is 12.6. The summed E-state index contributed by atoms with van der Waals surface area (Å²) in [5.41, 5.74) is 2.86. The number of hydrogen-bond donors (Lipinski definition) is 1. The van der Waals surface area contributed by atoms with Crippen molar-refractivity contribution in [1.29, 1.82) is 0 Å². The Hall–Kier alpha value is -2.30. The SMILES string of the molecule is COC1CCCN(c2ccc(NC(=O)/C=C/c3ccc(Cl)cc3)cc2)C1. The van der Waals surface area contributed by atoms with Gasteiger partial charge in [-0.05, 0) is 60.9 Å². The second-order valence-corrected chi connectivity index (χ2v) is 6.80. The Morgan fingerprint density at radius 1 is 1.19 bits per heavy atom. The number of nitrogens with one attached hydrogen (secondary N) is 1. The second kappa shape index (κ2) is 8.88. The summed E-state index contributed by atoms with van der Waals surface area (Å²) in [6.07, 6.45) is 5.82. The molecule has 2 aromatic rings. The van der Waals surface area contributed by atoms with Gasteiger partial charge in [0.15, 0.2) is 0 Å². The molecule has 0 aliphatic carbocycles. The van der Waals surface area contributed by atoms with E-state index < -0.39 is 0 Å². The maximum Gasteiger partial charge on any atom is 0.248 e. The number of amides is 1. The van der Waals surface area contributed by atoms with E-state index in [0.717, 1.165) is 42.9 Å². The number of hydrogen-bond acceptors (Lipinski definition) is 3. The van der Waals surface area contributed by atoms with Gasteiger partial charge < -0.3 is 15.0 Å². The summed E-state index contributed by atoms with van der Waals surface area (Å²) < 4.78 is 5.48. The second-order valence-electron chi connectivity index (χ2n) is 6.37. The van der Waals surface area contributed by atoms with E-state index in [0.29, 0.717) is 11.1 Å². The fourth-order valence-electron chi connectivity index (χ4n) is 3.05. The molecule has 136 valence electrons. The van der Waals surface area contributed by atoms with Crippen molar-refractivity contribution in [2.75, 3.05) is 30.4 Å². The van der Waals surface area contributed by atoms with Gasteiger partial charge in [-0.2, -0.15) is 0 Å². The van der Waals surface area contributed by atoms with Crippen molar-refractivity contribution in [3.8, 4) is 0 Å². The molecule has 1 saturated heterocycles. The van der Waals surface area contributed by atoms with Crippen molar-refractivity contribution in [1.82, 2.24) is 0 Å². The molecule has 0 radical (unpaired) electrons. The Labute approximate surface area is 159 Å². The predicted octanol–water partition coefficient (Wildman–Crippen LogP) is 4.61. The van der Waals surface area contributed by atoms with E-state index in [1.165, 1.54) is 6.08 Å². The van der Waals surface area contributed by atoms with Crippen molar-refractivity contribution < 1.29 is 9.53 Å². The topological polar surface area (TPSA) is 41.6 Å². The van der Waals surface area contributed by atoms with Crippen LogP contribution in [0.15, 0.2) is 54.6 Å². The molecule has 4 nitrogen and oxygen atoms in total. The average Bonchev–Trinajstić information content (AvgIpc) is 2.68. The quantitative estimate of drug-likeness (QED) is 0.781. The number of carbonyl (C=O) groups excluding carboxylic acids is 1. The van der Waals surface area contributed by atoms with Gasteiger partial charge in [0.1, 0.15) is 0 Å². The van der Waals surface area contributed by atoms with Crippen LogP contribution in [0.3, 0.4) is 0 Å². The van der Waals surface area contributed by atoms with E-state index in [4.69, 9.17) is 16.3 Å². The van der Waals surface area contributed by atoms with Crippen LogP contribution in [-0.4, -0.2) is 32.2 Å². The zero-order valence-electron chi connectivity index (χ0n) is 14.8. The van der Waals surface area contributed by atoms with Gasteiger partial charge in [0.05, 0.1) is 6.10 Å². The monoisotopic (exact) mass is 370 g/mol. The molecule has 5 heteroatoms. The lowest BCUT2D eigenvalue weighted by Gasteiger charge is -2.33. The normalized spacial score (nSPS) is 17.5. The fraction of sp³-hybridized carbons (Fsp3) is 0.286. The fourth-order valence-corrected chi connectivity index (χ4v) is 3.18. The molecule has 1 amide bonds. The van der Waals surface area contributed by atoms with Gasteiger partial charge >= 0.3 is 0 Å². The molecule has 1 aliphatic heterocycles. The lowest BCUT2D eigenvalue weighted by molar-refractivity contribution is -0.111. The Morgan fingerprint density at radius 2 is 1.92 bits per heavy atom. The van der Waals surface area contributed by atoms with Crippen LogP contribution in [0.5, 0.6) is 0 Å². The Balaban J connectivity index is 1.56. The summed E-state index contributed by atoms with van der Waals surface area (Å²) in [6.45, 7) is 1.95. The van der Waals surface area contributed by atoms with Crippen LogP contribution >= 0.6 is 11.6 Å². The third-order valence-corrected chi connectivity index (χ3v) is 4.76. The van der Waals surface area contributed by atoms with E-state index in [2.05, 4.69) is 10.2 Å². The van der Waals surface area contributed by atoms with E-state index in [-0.39, 0.29) is 5.91 Å². The minimum absolute atomic E-state index is 0.162. The van der Waals surface area contributed by atoms with E-state index in [1.54, 1.807) is 25.3 Å². The molecule has 0 aromatic heterocycles. The number of rotatable bonds is 5. The third-order valence-electron chi connectivity index (χ3n) is 4.51. The van der Waals surface area contributed by atoms with E-state index in [1.807, 2.05) is 36.4 Å². The van der Waals surface area contributed by atoms with E-state index >= 15 is 0 Å². The molecule has 0 bridgehead atoms. The molecule has 1 fully saturated rings. The van der Waals surface area contributed by atoms with Crippen molar-refractivity contribution in [2.45, 2.75) is 18.9 Å². The van der Waals surface area contributed by atoms with Gasteiger partial charge in [-0.25, -0.2) is 0 Å². The maximum absolute atomic E-state index is 12.1. The van der Waals surface area contributed by atoms with Gasteiger partial charge in [0.25, 0.3) is 0 Å². The first-order valence-electron chi connectivity index (χ1n) is 8.76. The van der Waals surface area contributed by atoms with Crippen LogP contribution in [0.4, 0.5) is 11.4 Å². The molecular weight excluding hydrogens is 348 g/mol. The van der Waals surface area contributed by atoms with E-state index in [9.17, 15) is 4.79 Å². The third kappa shape index (κ3) is 5.10. The lowest BCUT2D eigenvalue weighted by Crippen LogP contribution is -2.39. The van der Waals surface area contributed by atoms with Crippen molar-refractivity contribution in [3.05, 3.63) is 65.2 Å². The number of piperidine rings is 1. The van der Waals surface area contributed by atoms with Crippen LogP contribution in [0, 0.1) is 0 Å². The number of nitrogens with zero attached hydrogens (tertiary/aromatic N) is 1. The standard InChI is InChI=1S/C21H23ClN2O2/c1-26-20-3-2-14-24(15-20)19-11-9-18(10-12-19)23-21(25)13-6-16-4-7-17(22)8-5-16/h4-13,20H,2-3,14-15H2,1H3,(H,23,25)/b13-6+. The van der Waals surface area contributed by atoms with Crippen LogP contribution in [-0.2, 0) is 9.53 Å². The minimum atomic E-state index is -0.162. The van der Waals surface area contributed by atoms with Crippen LogP contribution in [0.2, 0.25) is 5.02 Å². The zero-order chi connectivity index (χ0) is 18.4. The highest BCUT2D eigenvalue weighted by atomic mass is 35.5. The molecule has 2 aromatic carbocycles. The summed E-state index contributed by atoms with van der Waals surface area (Å²) in [4.78, 5) is 14.4. The maximum atomic E-state index is 12.1. The first kappa shape index (κ1) is 18.5. The molecule has 1 aliphatic rings. The van der Waals surface area contributed by atoms with Crippen LogP contribution in [0.1, 0.15) is 18.4 Å². The smallest absolute Gasteiger partial charge is 0.248 e. The number of anilines is 2. The molecule has 0 saturated carbocycles. The Morgan fingerprint density at radius 3 is 2.62 bits per heavy atom. The van der Waals surface area contributed by atoms with Gasteiger partial charge in [0, 0.05) is 42.7 Å². The summed E-state index contributed by atoms with van der Waals surface area (Å²) in [5, 5.41) is 3.56.